The minimum atomic E-state index is 0.616. The molecule has 0 aliphatic carbocycles. The lowest BCUT2D eigenvalue weighted by Gasteiger charge is -1.97. The molecule has 0 bridgehead atoms. The van der Waals surface area contributed by atoms with Crippen LogP contribution in [0.4, 0.5) is 0 Å². The summed E-state index contributed by atoms with van der Waals surface area (Å²) in [6, 6.07) is 6.12. The molecule has 3 rings (SSSR count). The van der Waals surface area contributed by atoms with Gasteiger partial charge in [0.25, 0.3) is 0 Å². The SMILES string of the molecule is Cc1nc2ccc(-c3cnc(CS)[nH]3)cc2[nH]1. The number of aromatic amines is 2. The molecule has 0 aliphatic rings. The molecule has 0 saturated carbocycles. The van der Waals surface area contributed by atoms with E-state index in [4.69, 9.17) is 0 Å². The molecule has 2 aromatic heterocycles. The molecule has 0 aliphatic heterocycles. The van der Waals surface area contributed by atoms with Crippen molar-refractivity contribution >= 4 is 23.7 Å². The predicted octanol–water partition coefficient (Wildman–Crippen LogP) is 2.69. The van der Waals surface area contributed by atoms with Gasteiger partial charge >= 0.3 is 0 Å². The summed E-state index contributed by atoms with van der Waals surface area (Å²) in [6.07, 6.45) is 1.83. The van der Waals surface area contributed by atoms with Gasteiger partial charge in [0.1, 0.15) is 11.6 Å². The second-order valence-corrected chi connectivity index (χ2v) is 4.27. The number of hydrogen-bond acceptors (Lipinski definition) is 3. The Morgan fingerprint density at radius 2 is 2.18 bits per heavy atom. The van der Waals surface area contributed by atoms with Gasteiger partial charge in [0, 0.05) is 11.3 Å². The molecular formula is C12H12N4S. The largest absolute Gasteiger partial charge is 0.342 e. The Bertz CT molecular complexity index is 668. The van der Waals surface area contributed by atoms with Crippen molar-refractivity contribution in [1.29, 1.82) is 0 Å². The van der Waals surface area contributed by atoms with Crippen LogP contribution in [-0.4, -0.2) is 19.9 Å². The van der Waals surface area contributed by atoms with Gasteiger partial charge in [-0.2, -0.15) is 12.6 Å². The molecule has 0 atom stereocenters. The number of aromatic nitrogens is 4. The Hall–Kier alpha value is -1.75. The van der Waals surface area contributed by atoms with Gasteiger partial charge in [0.2, 0.25) is 0 Å². The maximum atomic E-state index is 4.38. The third-order valence-corrected chi connectivity index (χ3v) is 2.99. The van der Waals surface area contributed by atoms with Gasteiger partial charge in [-0.15, -0.1) is 0 Å². The fourth-order valence-electron chi connectivity index (χ4n) is 1.89. The average Bonchev–Trinajstić information content (AvgIpc) is 2.92. The van der Waals surface area contributed by atoms with Gasteiger partial charge in [-0.1, -0.05) is 6.07 Å². The molecule has 4 nitrogen and oxygen atoms in total. The van der Waals surface area contributed by atoms with Crippen molar-refractivity contribution in [3.05, 3.63) is 36.0 Å². The molecule has 0 radical (unpaired) electrons. The molecule has 17 heavy (non-hydrogen) atoms. The number of benzene rings is 1. The van der Waals surface area contributed by atoms with Gasteiger partial charge in [0.15, 0.2) is 0 Å². The smallest absolute Gasteiger partial charge is 0.116 e. The van der Waals surface area contributed by atoms with Crippen molar-refractivity contribution in [2.45, 2.75) is 12.7 Å². The van der Waals surface area contributed by atoms with E-state index in [9.17, 15) is 0 Å². The lowest BCUT2D eigenvalue weighted by atomic mass is 10.1. The molecule has 0 saturated heterocycles. The highest BCUT2D eigenvalue weighted by molar-refractivity contribution is 7.79. The summed E-state index contributed by atoms with van der Waals surface area (Å²) in [5.74, 6) is 2.42. The first kappa shape index (κ1) is 10.4. The summed E-state index contributed by atoms with van der Waals surface area (Å²) in [6.45, 7) is 1.95. The molecule has 5 heteroatoms. The molecule has 2 N–H and O–H groups in total. The molecule has 86 valence electrons. The fourth-order valence-corrected chi connectivity index (χ4v) is 2.05. The van der Waals surface area contributed by atoms with Gasteiger partial charge in [-0.05, 0) is 19.1 Å². The number of rotatable bonds is 2. The summed E-state index contributed by atoms with van der Waals surface area (Å²) < 4.78 is 0. The highest BCUT2D eigenvalue weighted by atomic mass is 32.1. The molecule has 3 aromatic rings. The Balaban J connectivity index is 2.10. The number of aryl methyl sites for hydroxylation is 1. The maximum absolute atomic E-state index is 4.38. The van der Waals surface area contributed by atoms with E-state index < -0.39 is 0 Å². The molecule has 2 heterocycles. The Morgan fingerprint density at radius 3 is 2.94 bits per heavy atom. The van der Waals surface area contributed by atoms with E-state index in [0.717, 1.165) is 33.9 Å². The number of imidazole rings is 2. The van der Waals surface area contributed by atoms with Crippen molar-refractivity contribution in [3.8, 4) is 11.3 Å². The summed E-state index contributed by atoms with van der Waals surface area (Å²) in [5, 5.41) is 0. The highest BCUT2D eigenvalue weighted by Crippen LogP contribution is 2.22. The van der Waals surface area contributed by atoms with Gasteiger partial charge in [-0.25, -0.2) is 9.97 Å². The minimum Gasteiger partial charge on any atom is -0.342 e. The lowest BCUT2D eigenvalue weighted by Crippen LogP contribution is -1.81. The van der Waals surface area contributed by atoms with Crippen molar-refractivity contribution in [2.75, 3.05) is 0 Å². The van der Waals surface area contributed by atoms with Crippen molar-refractivity contribution in [3.63, 3.8) is 0 Å². The van der Waals surface area contributed by atoms with Crippen LogP contribution in [0, 0.1) is 6.92 Å². The summed E-state index contributed by atoms with van der Waals surface area (Å²) >= 11 is 4.19. The highest BCUT2D eigenvalue weighted by Gasteiger charge is 2.05. The topological polar surface area (TPSA) is 57.4 Å². The number of H-pyrrole nitrogens is 2. The first-order valence-corrected chi connectivity index (χ1v) is 6.01. The van der Waals surface area contributed by atoms with Crippen LogP contribution in [0.25, 0.3) is 22.3 Å². The van der Waals surface area contributed by atoms with E-state index in [1.54, 1.807) is 0 Å². The summed E-state index contributed by atoms with van der Waals surface area (Å²) in [5.41, 5.74) is 4.13. The first-order valence-electron chi connectivity index (χ1n) is 5.38. The Morgan fingerprint density at radius 1 is 1.29 bits per heavy atom. The van der Waals surface area contributed by atoms with Gasteiger partial charge in [-0.3, -0.25) is 0 Å². The summed E-state index contributed by atoms with van der Waals surface area (Å²) in [4.78, 5) is 15.1. The summed E-state index contributed by atoms with van der Waals surface area (Å²) in [7, 11) is 0. The second kappa shape index (κ2) is 3.92. The van der Waals surface area contributed by atoms with E-state index in [0.29, 0.717) is 5.75 Å². The number of fused-ring (bicyclic) bond motifs is 1. The quantitative estimate of drug-likeness (QED) is 0.607. The van der Waals surface area contributed by atoms with Crippen LogP contribution in [0.2, 0.25) is 0 Å². The van der Waals surface area contributed by atoms with Crippen LogP contribution in [-0.2, 0) is 5.75 Å². The van der Waals surface area contributed by atoms with E-state index in [1.807, 2.05) is 25.3 Å². The van der Waals surface area contributed by atoms with Gasteiger partial charge in [0.05, 0.1) is 22.9 Å². The van der Waals surface area contributed by atoms with Crippen LogP contribution in [0.5, 0.6) is 0 Å². The third kappa shape index (κ3) is 1.82. The van der Waals surface area contributed by atoms with Crippen molar-refractivity contribution < 1.29 is 0 Å². The Kier molecular flexibility index (Phi) is 2.40. The number of nitrogens with one attached hydrogen (secondary N) is 2. The molecule has 0 unspecified atom stereocenters. The molecule has 0 spiro atoms. The van der Waals surface area contributed by atoms with Crippen LogP contribution in [0.15, 0.2) is 24.4 Å². The first-order chi connectivity index (χ1) is 8.26. The van der Waals surface area contributed by atoms with Crippen molar-refractivity contribution in [2.24, 2.45) is 0 Å². The lowest BCUT2D eigenvalue weighted by molar-refractivity contribution is 1.13. The second-order valence-electron chi connectivity index (χ2n) is 3.96. The van der Waals surface area contributed by atoms with Gasteiger partial charge < -0.3 is 9.97 Å². The van der Waals surface area contributed by atoms with Crippen LogP contribution in [0.3, 0.4) is 0 Å². The zero-order chi connectivity index (χ0) is 11.8. The molecule has 1 aromatic carbocycles. The third-order valence-electron chi connectivity index (χ3n) is 2.69. The number of thiol groups is 1. The number of hydrogen-bond donors (Lipinski definition) is 3. The minimum absolute atomic E-state index is 0.616. The van der Waals surface area contributed by atoms with E-state index in [1.165, 1.54) is 0 Å². The Labute approximate surface area is 104 Å². The predicted molar refractivity (Wildman–Crippen MR) is 71.1 cm³/mol. The maximum Gasteiger partial charge on any atom is 0.116 e. The molecule has 0 amide bonds. The molecular weight excluding hydrogens is 232 g/mol. The number of nitrogens with zero attached hydrogens (tertiary/aromatic N) is 2. The average molecular weight is 244 g/mol. The van der Waals surface area contributed by atoms with E-state index in [2.05, 4.69) is 38.6 Å². The van der Waals surface area contributed by atoms with E-state index >= 15 is 0 Å². The standard InChI is InChI=1S/C12H12N4S/c1-7-14-9-3-2-8(4-10(9)15-7)11-5-13-12(6-17)16-11/h2-5,17H,6H2,1H3,(H,13,16)(H,14,15). The van der Waals surface area contributed by atoms with E-state index in [-0.39, 0.29) is 0 Å². The normalized spacial score (nSPS) is 11.2. The monoisotopic (exact) mass is 244 g/mol. The zero-order valence-corrected chi connectivity index (χ0v) is 10.3. The van der Waals surface area contributed by atoms with Crippen LogP contribution in [0.1, 0.15) is 11.6 Å². The van der Waals surface area contributed by atoms with Crippen LogP contribution >= 0.6 is 12.6 Å². The zero-order valence-electron chi connectivity index (χ0n) is 9.36. The van der Waals surface area contributed by atoms with Crippen LogP contribution < -0.4 is 0 Å². The molecule has 0 fully saturated rings. The fraction of sp³-hybridized carbons (Fsp3) is 0.167. The van der Waals surface area contributed by atoms with Crippen molar-refractivity contribution in [1.82, 2.24) is 19.9 Å².